The molecule has 31 heavy (non-hydrogen) atoms. The molecule has 0 bridgehead atoms. The van der Waals surface area contributed by atoms with Crippen molar-refractivity contribution in [2.24, 2.45) is 5.92 Å². The highest BCUT2D eigenvalue weighted by Crippen LogP contribution is 2.15. The molecule has 0 spiro atoms. The lowest BCUT2D eigenvalue weighted by molar-refractivity contribution is -0.143. The van der Waals surface area contributed by atoms with Crippen molar-refractivity contribution < 1.29 is 19.5 Å². The number of hydrogen-bond donors (Lipinski definition) is 2. The summed E-state index contributed by atoms with van der Waals surface area (Å²) in [7, 11) is 0. The van der Waals surface area contributed by atoms with E-state index in [1.165, 1.54) is 19.2 Å². The third-order valence-electron chi connectivity index (χ3n) is 4.80. The number of carboxylic acid groups (broad SMARTS) is 1. The van der Waals surface area contributed by atoms with Crippen LogP contribution in [-0.2, 0) is 16.0 Å². The molecule has 0 aliphatic heterocycles. The third-order valence-corrected chi connectivity index (χ3v) is 4.80. The number of carboxylic acids is 1. The van der Waals surface area contributed by atoms with Crippen molar-refractivity contribution in [2.75, 3.05) is 0 Å². The lowest BCUT2D eigenvalue weighted by atomic mass is 10.1. The van der Waals surface area contributed by atoms with Crippen LogP contribution in [0.2, 0.25) is 0 Å². The zero-order valence-corrected chi connectivity index (χ0v) is 16.9. The Morgan fingerprint density at radius 1 is 1.00 bits per heavy atom. The van der Waals surface area contributed by atoms with E-state index >= 15 is 0 Å². The van der Waals surface area contributed by atoms with E-state index in [4.69, 9.17) is 5.11 Å². The summed E-state index contributed by atoms with van der Waals surface area (Å²) in [6, 6.07) is 20.2. The lowest BCUT2D eigenvalue weighted by Gasteiger charge is -2.16. The quantitative estimate of drug-likeness (QED) is 0.614. The predicted molar refractivity (Wildman–Crippen MR) is 115 cm³/mol. The highest BCUT2D eigenvalue weighted by Gasteiger charge is 2.20. The number of para-hydroxylation sites is 1. The molecule has 1 aromatic heterocycles. The molecule has 1 atom stereocenters. The number of carbonyl (C=O) groups is 3. The van der Waals surface area contributed by atoms with Crippen LogP contribution in [0.25, 0.3) is 5.69 Å². The van der Waals surface area contributed by atoms with Gasteiger partial charge < -0.3 is 9.67 Å². The molecule has 2 N–H and O–H groups in total. The summed E-state index contributed by atoms with van der Waals surface area (Å²) in [6.45, 7) is 1.37. The molecule has 2 amide bonds. The first-order valence-corrected chi connectivity index (χ1v) is 9.77. The number of aromatic nitrogens is 1. The predicted octanol–water partition coefficient (Wildman–Crippen LogP) is 2.80. The monoisotopic (exact) mass is 418 g/mol. The van der Waals surface area contributed by atoms with Crippen molar-refractivity contribution >= 4 is 17.8 Å². The van der Waals surface area contributed by atoms with Crippen LogP contribution in [-0.4, -0.2) is 27.5 Å². The summed E-state index contributed by atoms with van der Waals surface area (Å²) in [5.74, 6) is -3.69. The largest absolute Gasteiger partial charge is 0.481 e. The van der Waals surface area contributed by atoms with Gasteiger partial charge in [0.25, 0.3) is 5.91 Å². The Kier molecular flexibility index (Phi) is 6.77. The number of nitrogens with zero attached hydrogens (tertiary/aromatic N) is 1. The Morgan fingerprint density at radius 2 is 1.61 bits per heavy atom. The molecule has 0 unspecified atom stereocenters. The van der Waals surface area contributed by atoms with Gasteiger partial charge in [-0.25, -0.2) is 0 Å². The van der Waals surface area contributed by atoms with E-state index in [1.807, 2.05) is 60.7 Å². The molecular formula is C24H22N2O5. The summed E-state index contributed by atoms with van der Waals surface area (Å²) in [6.07, 6.45) is 1.53. The molecule has 7 heteroatoms. The minimum absolute atomic E-state index is 0.197. The fourth-order valence-corrected chi connectivity index (χ4v) is 3.13. The molecule has 3 rings (SSSR count). The van der Waals surface area contributed by atoms with Crippen LogP contribution in [0, 0.1) is 5.92 Å². The van der Waals surface area contributed by atoms with Gasteiger partial charge in [0.15, 0.2) is 5.43 Å². The first-order valence-electron chi connectivity index (χ1n) is 9.77. The summed E-state index contributed by atoms with van der Waals surface area (Å²) in [5, 5.41) is 11.0. The van der Waals surface area contributed by atoms with E-state index in [1.54, 1.807) is 4.57 Å². The number of amides is 2. The standard InChI is InChI=1S/C24H22N2O5/c1-16(24(30)31)12-22(28)25-23(29)20-15-26(18-10-6-3-7-11-18)19(14-21(20)27)13-17-8-4-2-5-9-17/h2-11,14-16H,12-13H2,1H3,(H,30,31)(H,25,28,29)/t16-/m0/s1. The summed E-state index contributed by atoms with van der Waals surface area (Å²) in [5.41, 5.74) is 1.73. The fourth-order valence-electron chi connectivity index (χ4n) is 3.13. The summed E-state index contributed by atoms with van der Waals surface area (Å²) in [4.78, 5) is 48.2. The van der Waals surface area contributed by atoms with Crippen LogP contribution in [0.1, 0.15) is 35.0 Å². The van der Waals surface area contributed by atoms with Gasteiger partial charge in [-0.15, -0.1) is 0 Å². The van der Waals surface area contributed by atoms with Crippen molar-refractivity contribution in [3.63, 3.8) is 0 Å². The number of pyridine rings is 1. The van der Waals surface area contributed by atoms with Crippen molar-refractivity contribution in [1.29, 1.82) is 0 Å². The molecule has 158 valence electrons. The maximum absolute atomic E-state index is 12.7. The topological polar surface area (TPSA) is 105 Å². The van der Waals surface area contributed by atoms with E-state index < -0.39 is 29.1 Å². The number of rotatable bonds is 7. The van der Waals surface area contributed by atoms with Gasteiger partial charge in [0.1, 0.15) is 5.56 Å². The second kappa shape index (κ2) is 9.67. The van der Waals surface area contributed by atoms with Crippen LogP contribution < -0.4 is 10.7 Å². The van der Waals surface area contributed by atoms with Crippen LogP contribution >= 0.6 is 0 Å². The Balaban J connectivity index is 1.95. The van der Waals surface area contributed by atoms with Gasteiger partial charge in [0.2, 0.25) is 5.91 Å². The van der Waals surface area contributed by atoms with Crippen LogP contribution in [0.5, 0.6) is 0 Å². The summed E-state index contributed by atoms with van der Waals surface area (Å²) < 4.78 is 1.74. The second-order valence-electron chi connectivity index (χ2n) is 7.23. The van der Waals surface area contributed by atoms with Crippen molar-refractivity contribution in [1.82, 2.24) is 9.88 Å². The molecular weight excluding hydrogens is 396 g/mol. The summed E-state index contributed by atoms with van der Waals surface area (Å²) >= 11 is 0. The van der Waals surface area contributed by atoms with Gasteiger partial charge in [-0.1, -0.05) is 55.5 Å². The highest BCUT2D eigenvalue weighted by atomic mass is 16.4. The van der Waals surface area contributed by atoms with Gasteiger partial charge in [-0.3, -0.25) is 24.5 Å². The van der Waals surface area contributed by atoms with Crippen LogP contribution in [0.15, 0.2) is 77.7 Å². The number of carbonyl (C=O) groups excluding carboxylic acids is 2. The van der Waals surface area contributed by atoms with Crippen molar-refractivity contribution in [2.45, 2.75) is 19.8 Å². The number of hydrogen-bond acceptors (Lipinski definition) is 4. The van der Waals surface area contributed by atoms with Crippen LogP contribution in [0.4, 0.5) is 0 Å². The Morgan fingerprint density at radius 3 is 2.23 bits per heavy atom. The smallest absolute Gasteiger partial charge is 0.306 e. The van der Waals surface area contributed by atoms with Crippen molar-refractivity contribution in [3.8, 4) is 5.69 Å². The van der Waals surface area contributed by atoms with Crippen molar-refractivity contribution in [3.05, 3.63) is 100.0 Å². The minimum Gasteiger partial charge on any atom is -0.481 e. The number of aliphatic carboxylic acids is 1. The molecule has 1 heterocycles. The molecule has 0 radical (unpaired) electrons. The number of imide groups is 1. The Hall–Kier alpha value is -4.00. The minimum atomic E-state index is -1.14. The van der Waals surface area contributed by atoms with E-state index in [0.717, 1.165) is 11.3 Å². The van der Waals surface area contributed by atoms with Crippen LogP contribution in [0.3, 0.4) is 0 Å². The average molecular weight is 418 g/mol. The zero-order valence-electron chi connectivity index (χ0n) is 16.9. The maximum Gasteiger partial charge on any atom is 0.306 e. The van der Waals surface area contributed by atoms with Gasteiger partial charge in [0, 0.05) is 36.5 Å². The number of nitrogens with one attached hydrogen (secondary N) is 1. The maximum atomic E-state index is 12.7. The normalized spacial score (nSPS) is 11.5. The number of benzene rings is 2. The fraction of sp³-hybridized carbons (Fsp3) is 0.167. The van der Waals surface area contributed by atoms with E-state index in [-0.39, 0.29) is 12.0 Å². The molecule has 2 aromatic carbocycles. The first-order chi connectivity index (χ1) is 14.8. The molecule has 3 aromatic rings. The average Bonchev–Trinajstić information content (AvgIpc) is 2.75. The Bertz CT molecular complexity index is 1150. The molecule has 0 aliphatic carbocycles. The molecule has 7 nitrogen and oxygen atoms in total. The van der Waals surface area contributed by atoms with Gasteiger partial charge in [0.05, 0.1) is 5.92 Å². The highest BCUT2D eigenvalue weighted by molar-refractivity contribution is 6.05. The van der Waals surface area contributed by atoms with Gasteiger partial charge >= 0.3 is 5.97 Å². The third kappa shape index (κ3) is 5.54. The SMILES string of the molecule is C[C@@H](CC(=O)NC(=O)c1cn(-c2ccccc2)c(Cc2ccccc2)cc1=O)C(=O)O. The van der Waals surface area contributed by atoms with Gasteiger partial charge in [-0.05, 0) is 17.7 Å². The molecule has 0 aliphatic rings. The second-order valence-corrected chi connectivity index (χ2v) is 7.23. The molecule has 0 saturated heterocycles. The van der Waals surface area contributed by atoms with Gasteiger partial charge in [-0.2, -0.15) is 0 Å². The lowest BCUT2D eigenvalue weighted by Crippen LogP contribution is -2.36. The zero-order chi connectivity index (χ0) is 22.4. The van der Waals surface area contributed by atoms with E-state index in [2.05, 4.69) is 5.32 Å². The molecule has 0 saturated carbocycles. The Labute approximate surface area is 179 Å². The molecule has 0 fully saturated rings. The van der Waals surface area contributed by atoms with E-state index in [0.29, 0.717) is 12.1 Å². The first kappa shape index (κ1) is 21.7. The van der Waals surface area contributed by atoms with E-state index in [9.17, 15) is 19.2 Å².